The first-order chi connectivity index (χ1) is 9.43. The molecule has 0 bridgehead atoms. The Hall–Kier alpha value is -1.62. The van der Waals surface area contributed by atoms with Crippen LogP contribution in [0.25, 0.3) is 0 Å². The van der Waals surface area contributed by atoms with Crippen LogP contribution < -0.4 is 16.0 Å². The summed E-state index contributed by atoms with van der Waals surface area (Å²) >= 11 is 5.24. The first kappa shape index (κ1) is 16.4. The molecule has 1 atom stereocenters. The van der Waals surface area contributed by atoms with Gasteiger partial charge in [0, 0.05) is 12.2 Å². The number of benzene rings is 1. The highest BCUT2D eigenvalue weighted by molar-refractivity contribution is 7.80. The van der Waals surface area contributed by atoms with Gasteiger partial charge < -0.3 is 16.0 Å². The molecule has 0 unspecified atom stereocenters. The maximum atomic E-state index is 11.7. The molecular formula is C15H23N3OS. The Balaban J connectivity index is 2.55. The van der Waals surface area contributed by atoms with E-state index >= 15 is 0 Å². The van der Waals surface area contributed by atoms with Gasteiger partial charge in [-0.15, -0.1) is 0 Å². The molecule has 110 valence electrons. The smallest absolute Gasteiger partial charge is 0.242 e. The van der Waals surface area contributed by atoms with Gasteiger partial charge in [-0.25, -0.2) is 0 Å². The topological polar surface area (TPSA) is 53.2 Å². The predicted octanol–water partition coefficient (Wildman–Crippen LogP) is 2.50. The summed E-state index contributed by atoms with van der Waals surface area (Å²) in [6, 6.07) is 5.77. The van der Waals surface area contributed by atoms with E-state index in [0.717, 1.165) is 23.2 Å². The van der Waals surface area contributed by atoms with Crippen molar-refractivity contribution in [2.45, 2.75) is 40.2 Å². The fourth-order valence-corrected chi connectivity index (χ4v) is 1.98. The Morgan fingerprint density at radius 3 is 2.70 bits per heavy atom. The minimum Gasteiger partial charge on any atom is -0.354 e. The standard InChI is InChI=1S/C15H23N3OS/c1-5-8-16-14(19)12(4)17-15(20)18-13-9-10(2)6-7-11(13)3/h6-7,9,12H,5,8H2,1-4H3,(H,16,19)(H2,17,18,20)/t12-/m1/s1. The second-order valence-corrected chi connectivity index (χ2v) is 5.34. The van der Waals surface area contributed by atoms with Gasteiger partial charge in [0.25, 0.3) is 0 Å². The van der Waals surface area contributed by atoms with E-state index in [0.29, 0.717) is 11.7 Å². The molecule has 5 heteroatoms. The number of nitrogens with one attached hydrogen (secondary N) is 3. The molecular weight excluding hydrogens is 270 g/mol. The van der Waals surface area contributed by atoms with Gasteiger partial charge in [0.05, 0.1) is 0 Å². The third-order valence-corrected chi connectivity index (χ3v) is 3.15. The Morgan fingerprint density at radius 1 is 1.35 bits per heavy atom. The van der Waals surface area contributed by atoms with Gasteiger partial charge in [-0.3, -0.25) is 4.79 Å². The molecule has 0 aliphatic rings. The molecule has 4 nitrogen and oxygen atoms in total. The van der Waals surface area contributed by atoms with Crippen LogP contribution in [0.5, 0.6) is 0 Å². The average molecular weight is 293 g/mol. The van der Waals surface area contributed by atoms with Crippen molar-refractivity contribution in [1.82, 2.24) is 10.6 Å². The number of rotatable bonds is 5. The lowest BCUT2D eigenvalue weighted by Crippen LogP contribution is -2.46. The van der Waals surface area contributed by atoms with E-state index in [1.807, 2.05) is 32.9 Å². The summed E-state index contributed by atoms with van der Waals surface area (Å²) in [7, 11) is 0. The van der Waals surface area contributed by atoms with Crippen molar-refractivity contribution < 1.29 is 4.79 Å². The zero-order valence-electron chi connectivity index (χ0n) is 12.5. The number of aryl methyl sites for hydroxylation is 2. The number of carbonyl (C=O) groups excluding carboxylic acids is 1. The van der Waals surface area contributed by atoms with E-state index in [4.69, 9.17) is 12.2 Å². The molecule has 0 saturated carbocycles. The zero-order chi connectivity index (χ0) is 15.1. The van der Waals surface area contributed by atoms with Crippen molar-refractivity contribution >= 4 is 28.9 Å². The summed E-state index contributed by atoms with van der Waals surface area (Å²) in [5.74, 6) is -0.0445. The van der Waals surface area contributed by atoms with E-state index in [2.05, 4.69) is 22.0 Å². The van der Waals surface area contributed by atoms with Gasteiger partial charge >= 0.3 is 0 Å². The third-order valence-electron chi connectivity index (χ3n) is 2.93. The van der Waals surface area contributed by atoms with Crippen LogP contribution in [0.15, 0.2) is 18.2 Å². The highest BCUT2D eigenvalue weighted by Crippen LogP contribution is 2.16. The Morgan fingerprint density at radius 2 is 2.05 bits per heavy atom. The summed E-state index contributed by atoms with van der Waals surface area (Å²) in [4.78, 5) is 11.7. The lowest BCUT2D eigenvalue weighted by Gasteiger charge is -2.17. The quantitative estimate of drug-likeness (QED) is 0.730. The predicted molar refractivity (Wildman–Crippen MR) is 88.0 cm³/mol. The Kier molecular flexibility index (Phi) is 6.45. The summed E-state index contributed by atoms with van der Waals surface area (Å²) < 4.78 is 0. The molecule has 0 aromatic heterocycles. The van der Waals surface area contributed by atoms with Gasteiger partial charge in [0.15, 0.2) is 5.11 Å². The van der Waals surface area contributed by atoms with E-state index in [9.17, 15) is 4.79 Å². The lowest BCUT2D eigenvalue weighted by atomic mass is 10.1. The van der Waals surface area contributed by atoms with Crippen molar-refractivity contribution in [3.05, 3.63) is 29.3 Å². The average Bonchev–Trinajstić information content (AvgIpc) is 2.40. The van der Waals surface area contributed by atoms with Crippen LogP contribution in [0.3, 0.4) is 0 Å². The van der Waals surface area contributed by atoms with E-state index < -0.39 is 0 Å². The van der Waals surface area contributed by atoms with Gasteiger partial charge in [0.2, 0.25) is 5.91 Å². The first-order valence-corrected chi connectivity index (χ1v) is 7.27. The minimum absolute atomic E-state index is 0.0445. The molecule has 3 N–H and O–H groups in total. The number of thiocarbonyl (C=S) groups is 1. The molecule has 0 fully saturated rings. The number of hydrogen-bond acceptors (Lipinski definition) is 2. The molecule has 0 spiro atoms. The van der Waals surface area contributed by atoms with Crippen molar-refractivity contribution in [2.24, 2.45) is 0 Å². The highest BCUT2D eigenvalue weighted by Gasteiger charge is 2.13. The zero-order valence-corrected chi connectivity index (χ0v) is 13.4. The van der Waals surface area contributed by atoms with Gasteiger partial charge in [-0.1, -0.05) is 19.1 Å². The Bertz CT molecular complexity index is 488. The van der Waals surface area contributed by atoms with Crippen molar-refractivity contribution in [3.63, 3.8) is 0 Å². The highest BCUT2D eigenvalue weighted by atomic mass is 32.1. The maximum Gasteiger partial charge on any atom is 0.242 e. The van der Waals surface area contributed by atoms with Crippen LogP contribution in [-0.2, 0) is 4.79 Å². The van der Waals surface area contributed by atoms with Crippen molar-refractivity contribution in [3.8, 4) is 0 Å². The summed E-state index contributed by atoms with van der Waals surface area (Å²) in [5, 5.41) is 9.41. The van der Waals surface area contributed by atoms with Crippen molar-refractivity contribution in [1.29, 1.82) is 0 Å². The van der Waals surface area contributed by atoms with E-state index in [1.165, 1.54) is 0 Å². The molecule has 0 aliphatic carbocycles. The molecule has 0 radical (unpaired) electrons. The number of amides is 1. The number of carbonyl (C=O) groups is 1. The van der Waals surface area contributed by atoms with Crippen LogP contribution in [0.1, 0.15) is 31.4 Å². The molecule has 0 heterocycles. The summed E-state index contributed by atoms with van der Waals surface area (Å²) in [6.07, 6.45) is 0.920. The molecule has 20 heavy (non-hydrogen) atoms. The van der Waals surface area contributed by atoms with Crippen LogP contribution in [0, 0.1) is 13.8 Å². The molecule has 1 amide bonds. The van der Waals surface area contributed by atoms with Gasteiger partial charge in [0.1, 0.15) is 6.04 Å². The van der Waals surface area contributed by atoms with Gasteiger partial charge in [-0.2, -0.15) is 0 Å². The minimum atomic E-state index is -0.355. The number of anilines is 1. The molecule has 0 saturated heterocycles. The summed E-state index contributed by atoms with van der Waals surface area (Å²) in [5.41, 5.74) is 3.24. The maximum absolute atomic E-state index is 11.7. The Labute approximate surface area is 126 Å². The van der Waals surface area contributed by atoms with Crippen LogP contribution in [0.2, 0.25) is 0 Å². The van der Waals surface area contributed by atoms with Crippen LogP contribution >= 0.6 is 12.2 Å². The largest absolute Gasteiger partial charge is 0.354 e. The fraction of sp³-hybridized carbons (Fsp3) is 0.467. The third kappa shape index (κ3) is 5.17. The second-order valence-electron chi connectivity index (χ2n) is 4.93. The van der Waals surface area contributed by atoms with E-state index in [-0.39, 0.29) is 11.9 Å². The second kappa shape index (κ2) is 7.85. The lowest BCUT2D eigenvalue weighted by molar-refractivity contribution is -0.122. The normalized spacial score (nSPS) is 11.6. The monoisotopic (exact) mass is 293 g/mol. The summed E-state index contributed by atoms with van der Waals surface area (Å²) in [6.45, 7) is 8.54. The number of hydrogen-bond donors (Lipinski definition) is 3. The molecule has 0 aliphatic heterocycles. The van der Waals surface area contributed by atoms with Crippen LogP contribution in [0.4, 0.5) is 5.69 Å². The SMILES string of the molecule is CCCNC(=O)[C@@H](C)NC(=S)Nc1cc(C)ccc1C. The molecule has 1 aromatic carbocycles. The fourth-order valence-electron chi connectivity index (χ4n) is 1.69. The van der Waals surface area contributed by atoms with Gasteiger partial charge in [-0.05, 0) is 56.6 Å². The van der Waals surface area contributed by atoms with Crippen molar-refractivity contribution in [2.75, 3.05) is 11.9 Å². The molecule has 1 aromatic rings. The first-order valence-electron chi connectivity index (χ1n) is 6.86. The van der Waals surface area contributed by atoms with Crippen LogP contribution in [-0.4, -0.2) is 23.6 Å². The van der Waals surface area contributed by atoms with E-state index in [1.54, 1.807) is 6.92 Å². The molecule has 1 rings (SSSR count).